The molecule has 0 amide bonds. The maximum atomic E-state index is 13.6. The van der Waals surface area contributed by atoms with Crippen LogP contribution in [0.3, 0.4) is 0 Å². The third-order valence-electron chi connectivity index (χ3n) is 2.37. The standard InChI is InChI=1S/C13H16F5NO2/c1-2-3-19-6-9-4-10(14)12(11(15)5-9)21-8-20-7-13(16,17)18/h4-5,19H,2-3,6-8H2,1H3. The maximum absolute atomic E-state index is 13.6. The predicted octanol–water partition coefficient (Wildman–Crippen LogP) is 3.38. The van der Waals surface area contributed by atoms with E-state index in [2.05, 4.69) is 14.8 Å². The first-order valence-electron chi connectivity index (χ1n) is 6.29. The van der Waals surface area contributed by atoms with Gasteiger partial charge in [0.05, 0.1) is 0 Å². The molecule has 120 valence electrons. The van der Waals surface area contributed by atoms with E-state index in [0.717, 1.165) is 18.6 Å². The average Bonchev–Trinajstić information content (AvgIpc) is 2.36. The Kier molecular flexibility index (Phi) is 6.83. The van der Waals surface area contributed by atoms with Gasteiger partial charge in [-0.05, 0) is 30.7 Å². The highest BCUT2D eigenvalue weighted by Crippen LogP contribution is 2.23. The quantitative estimate of drug-likeness (QED) is 0.453. The fourth-order valence-electron chi connectivity index (χ4n) is 1.52. The van der Waals surface area contributed by atoms with Crippen LogP contribution >= 0.6 is 0 Å². The summed E-state index contributed by atoms with van der Waals surface area (Å²) >= 11 is 0. The molecule has 0 fully saturated rings. The van der Waals surface area contributed by atoms with Gasteiger partial charge in [-0.1, -0.05) is 6.92 Å². The van der Waals surface area contributed by atoms with Crippen LogP contribution in [0.5, 0.6) is 5.75 Å². The molecule has 0 bridgehead atoms. The number of halogens is 5. The van der Waals surface area contributed by atoms with Crippen LogP contribution in [0.15, 0.2) is 12.1 Å². The van der Waals surface area contributed by atoms with Crippen LogP contribution in [-0.4, -0.2) is 26.1 Å². The normalized spacial score (nSPS) is 11.7. The molecule has 1 aromatic carbocycles. The maximum Gasteiger partial charge on any atom is 0.411 e. The Morgan fingerprint density at radius 3 is 2.29 bits per heavy atom. The molecule has 0 aliphatic heterocycles. The summed E-state index contributed by atoms with van der Waals surface area (Å²) in [5, 5.41) is 2.97. The molecule has 0 heterocycles. The van der Waals surface area contributed by atoms with Gasteiger partial charge in [-0.2, -0.15) is 13.2 Å². The van der Waals surface area contributed by atoms with E-state index in [1.807, 2.05) is 6.92 Å². The highest BCUT2D eigenvalue weighted by atomic mass is 19.4. The van der Waals surface area contributed by atoms with E-state index in [9.17, 15) is 22.0 Å². The molecule has 1 aromatic rings. The Morgan fingerprint density at radius 2 is 1.76 bits per heavy atom. The molecule has 0 saturated carbocycles. The van der Waals surface area contributed by atoms with Crippen LogP contribution in [0, 0.1) is 11.6 Å². The van der Waals surface area contributed by atoms with E-state index >= 15 is 0 Å². The minimum atomic E-state index is -4.52. The second kappa shape index (κ2) is 8.14. The zero-order valence-electron chi connectivity index (χ0n) is 11.4. The van der Waals surface area contributed by atoms with Gasteiger partial charge in [0.1, 0.15) is 6.61 Å². The van der Waals surface area contributed by atoms with Crippen molar-refractivity contribution in [2.24, 2.45) is 0 Å². The highest BCUT2D eigenvalue weighted by molar-refractivity contribution is 5.31. The number of benzene rings is 1. The van der Waals surface area contributed by atoms with Crippen molar-refractivity contribution < 1.29 is 31.4 Å². The molecular weight excluding hydrogens is 297 g/mol. The minimum absolute atomic E-state index is 0.284. The van der Waals surface area contributed by atoms with Crippen LogP contribution in [0.1, 0.15) is 18.9 Å². The number of hydrogen-bond donors (Lipinski definition) is 1. The van der Waals surface area contributed by atoms with Crippen molar-refractivity contribution in [2.75, 3.05) is 19.9 Å². The summed E-state index contributed by atoms with van der Waals surface area (Å²) in [5.41, 5.74) is 0.377. The lowest BCUT2D eigenvalue weighted by molar-refractivity contribution is -0.187. The topological polar surface area (TPSA) is 30.5 Å². The van der Waals surface area contributed by atoms with Crippen molar-refractivity contribution in [3.63, 3.8) is 0 Å². The third kappa shape index (κ3) is 6.72. The van der Waals surface area contributed by atoms with Gasteiger partial charge in [0.15, 0.2) is 24.2 Å². The molecule has 1 N–H and O–H groups in total. The lowest BCUT2D eigenvalue weighted by Gasteiger charge is -2.12. The number of hydrogen-bond acceptors (Lipinski definition) is 3. The summed E-state index contributed by atoms with van der Waals surface area (Å²) in [4.78, 5) is 0. The second-order valence-electron chi connectivity index (χ2n) is 4.29. The molecule has 0 aromatic heterocycles. The number of nitrogens with one attached hydrogen (secondary N) is 1. The summed E-state index contributed by atoms with van der Waals surface area (Å²) in [7, 11) is 0. The smallest absolute Gasteiger partial charge is 0.411 e. The minimum Gasteiger partial charge on any atom is -0.461 e. The van der Waals surface area contributed by atoms with Crippen LogP contribution in [0.4, 0.5) is 22.0 Å². The molecule has 0 spiro atoms. The Hall–Kier alpha value is -1.41. The van der Waals surface area contributed by atoms with Crippen LogP contribution in [0.25, 0.3) is 0 Å². The summed E-state index contributed by atoms with van der Waals surface area (Å²) in [6, 6.07) is 2.12. The molecule has 0 aliphatic carbocycles. The van der Waals surface area contributed by atoms with E-state index < -0.39 is 37.0 Å². The van der Waals surface area contributed by atoms with Crippen LogP contribution < -0.4 is 10.1 Å². The molecule has 0 unspecified atom stereocenters. The Morgan fingerprint density at radius 1 is 1.14 bits per heavy atom. The number of ether oxygens (including phenoxy) is 2. The lowest BCUT2D eigenvalue weighted by atomic mass is 10.2. The van der Waals surface area contributed by atoms with E-state index in [0.29, 0.717) is 12.1 Å². The molecule has 0 atom stereocenters. The van der Waals surface area contributed by atoms with Gasteiger partial charge in [0, 0.05) is 6.54 Å². The van der Waals surface area contributed by atoms with E-state index in [1.54, 1.807) is 0 Å². The van der Waals surface area contributed by atoms with Crippen molar-refractivity contribution in [1.29, 1.82) is 0 Å². The lowest BCUT2D eigenvalue weighted by Crippen LogP contribution is -2.19. The van der Waals surface area contributed by atoms with E-state index in [1.165, 1.54) is 0 Å². The first kappa shape index (κ1) is 17.6. The number of rotatable bonds is 8. The van der Waals surface area contributed by atoms with Gasteiger partial charge < -0.3 is 14.8 Å². The Bertz CT molecular complexity index is 428. The molecule has 3 nitrogen and oxygen atoms in total. The van der Waals surface area contributed by atoms with Crippen molar-refractivity contribution in [3.05, 3.63) is 29.3 Å². The third-order valence-corrected chi connectivity index (χ3v) is 2.37. The van der Waals surface area contributed by atoms with Crippen LogP contribution in [-0.2, 0) is 11.3 Å². The predicted molar refractivity (Wildman–Crippen MR) is 65.9 cm³/mol. The molecule has 1 rings (SSSR count). The van der Waals surface area contributed by atoms with Gasteiger partial charge in [-0.25, -0.2) is 8.78 Å². The largest absolute Gasteiger partial charge is 0.461 e. The van der Waals surface area contributed by atoms with Crippen molar-refractivity contribution in [2.45, 2.75) is 26.1 Å². The summed E-state index contributed by atoms with van der Waals surface area (Å²) in [6.07, 6.45) is -3.64. The van der Waals surface area contributed by atoms with Gasteiger partial charge >= 0.3 is 6.18 Å². The SMILES string of the molecule is CCCNCc1cc(F)c(OCOCC(F)(F)F)c(F)c1. The molecule has 0 aliphatic rings. The monoisotopic (exact) mass is 313 g/mol. The second-order valence-corrected chi connectivity index (χ2v) is 4.29. The fraction of sp³-hybridized carbons (Fsp3) is 0.538. The first-order valence-corrected chi connectivity index (χ1v) is 6.29. The molecule has 0 radical (unpaired) electrons. The zero-order chi connectivity index (χ0) is 15.9. The van der Waals surface area contributed by atoms with Crippen LogP contribution in [0.2, 0.25) is 0 Å². The van der Waals surface area contributed by atoms with Gasteiger partial charge in [-0.3, -0.25) is 0 Å². The zero-order valence-corrected chi connectivity index (χ0v) is 11.4. The van der Waals surface area contributed by atoms with E-state index in [4.69, 9.17) is 0 Å². The van der Waals surface area contributed by atoms with Crippen molar-refractivity contribution in [3.8, 4) is 5.75 Å². The van der Waals surface area contributed by atoms with Gasteiger partial charge in [0.25, 0.3) is 0 Å². The highest BCUT2D eigenvalue weighted by Gasteiger charge is 2.27. The van der Waals surface area contributed by atoms with Crippen molar-refractivity contribution >= 4 is 0 Å². The molecule has 8 heteroatoms. The van der Waals surface area contributed by atoms with E-state index in [-0.39, 0.29) is 6.54 Å². The Labute approximate surface area is 119 Å². The summed E-state index contributed by atoms with van der Waals surface area (Å²) in [6.45, 7) is 0.501. The molecule has 0 saturated heterocycles. The van der Waals surface area contributed by atoms with Gasteiger partial charge in [0.2, 0.25) is 0 Å². The summed E-state index contributed by atoms with van der Waals surface area (Å²) < 4.78 is 71.3. The van der Waals surface area contributed by atoms with Crippen molar-refractivity contribution in [1.82, 2.24) is 5.32 Å². The molecular formula is C13H16F5NO2. The molecule has 21 heavy (non-hydrogen) atoms. The number of alkyl halides is 3. The van der Waals surface area contributed by atoms with Gasteiger partial charge in [-0.15, -0.1) is 0 Å². The first-order chi connectivity index (χ1) is 9.83. The fourth-order valence-corrected chi connectivity index (χ4v) is 1.52. The average molecular weight is 313 g/mol. The Balaban J connectivity index is 2.55. The summed E-state index contributed by atoms with van der Waals surface area (Å²) in [5.74, 6) is -2.73.